The van der Waals surface area contributed by atoms with Crippen LogP contribution in [0.5, 0.6) is 0 Å². The Balaban J connectivity index is 1.71. The largest absolute Gasteiger partial charge is 0.453 e. The van der Waals surface area contributed by atoms with Crippen molar-refractivity contribution in [2.45, 2.75) is 0 Å². The van der Waals surface area contributed by atoms with Gasteiger partial charge in [-0.3, -0.25) is 4.79 Å². The zero-order valence-corrected chi connectivity index (χ0v) is 12.0. The van der Waals surface area contributed by atoms with E-state index in [-0.39, 0.29) is 11.3 Å². The molecule has 2 aromatic carbocycles. The van der Waals surface area contributed by atoms with E-state index in [1.165, 1.54) is 24.3 Å². The average molecular weight is 309 g/mol. The Labute approximate surface area is 131 Å². The standard InChI is InChI=1S/C18H12FNO3/c19-14-7-3-2-6-13(14)17(21)11-23-18(22)16-10-9-12-5-1-4-8-15(12)20-16/h1-10H,11H2. The molecule has 5 heteroatoms. The van der Waals surface area contributed by atoms with Crippen molar-refractivity contribution in [1.29, 1.82) is 0 Å². The van der Waals surface area contributed by atoms with Gasteiger partial charge in [0.1, 0.15) is 11.5 Å². The van der Waals surface area contributed by atoms with Crippen LogP contribution >= 0.6 is 0 Å². The number of hydrogen-bond donors (Lipinski definition) is 0. The molecule has 4 nitrogen and oxygen atoms in total. The zero-order valence-electron chi connectivity index (χ0n) is 12.0. The Morgan fingerprint density at radius 3 is 2.52 bits per heavy atom. The van der Waals surface area contributed by atoms with E-state index in [4.69, 9.17) is 4.74 Å². The number of pyridine rings is 1. The normalized spacial score (nSPS) is 10.5. The fraction of sp³-hybridized carbons (Fsp3) is 0.0556. The van der Waals surface area contributed by atoms with Crippen molar-refractivity contribution < 1.29 is 18.7 Å². The molecule has 114 valence electrons. The van der Waals surface area contributed by atoms with Crippen molar-refractivity contribution in [2.75, 3.05) is 6.61 Å². The van der Waals surface area contributed by atoms with Gasteiger partial charge in [0, 0.05) is 5.39 Å². The van der Waals surface area contributed by atoms with E-state index in [0.29, 0.717) is 5.52 Å². The SMILES string of the molecule is O=C(OCC(=O)c1ccccc1F)c1ccc2ccccc2n1. The minimum Gasteiger partial charge on any atom is -0.453 e. The third-order valence-corrected chi connectivity index (χ3v) is 3.32. The van der Waals surface area contributed by atoms with Gasteiger partial charge in [-0.1, -0.05) is 36.4 Å². The molecule has 3 aromatic rings. The number of esters is 1. The quantitative estimate of drug-likeness (QED) is 0.547. The molecule has 0 bridgehead atoms. The van der Waals surface area contributed by atoms with Crippen molar-refractivity contribution in [3.8, 4) is 0 Å². The van der Waals surface area contributed by atoms with E-state index in [2.05, 4.69) is 4.98 Å². The summed E-state index contributed by atoms with van der Waals surface area (Å²) in [6, 6.07) is 16.2. The molecule has 0 amide bonds. The summed E-state index contributed by atoms with van der Waals surface area (Å²) in [5.74, 6) is -1.96. The molecule has 1 aromatic heterocycles. The molecule has 0 aliphatic rings. The number of halogens is 1. The number of rotatable bonds is 4. The van der Waals surface area contributed by atoms with Gasteiger partial charge in [0.15, 0.2) is 6.61 Å². The number of nitrogens with zero attached hydrogens (tertiary/aromatic N) is 1. The van der Waals surface area contributed by atoms with Crippen LogP contribution in [0.1, 0.15) is 20.8 Å². The Kier molecular flexibility index (Phi) is 4.10. The van der Waals surface area contributed by atoms with E-state index in [0.717, 1.165) is 5.39 Å². The monoisotopic (exact) mass is 309 g/mol. The van der Waals surface area contributed by atoms with Crippen LogP contribution in [0.25, 0.3) is 10.9 Å². The van der Waals surface area contributed by atoms with Gasteiger partial charge in [0.2, 0.25) is 5.78 Å². The van der Waals surface area contributed by atoms with E-state index in [1.54, 1.807) is 18.2 Å². The summed E-state index contributed by atoms with van der Waals surface area (Å²) in [4.78, 5) is 28.0. The summed E-state index contributed by atoms with van der Waals surface area (Å²) >= 11 is 0. The highest BCUT2D eigenvalue weighted by Crippen LogP contribution is 2.13. The minimum atomic E-state index is -0.722. The van der Waals surface area contributed by atoms with Gasteiger partial charge in [0.25, 0.3) is 0 Å². The molecule has 0 radical (unpaired) electrons. The Morgan fingerprint density at radius 2 is 1.70 bits per heavy atom. The summed E-state index contributed by atoms with van der Waals surface area (Å²) in [6.45, 7) is -0.533. The molecule has 0 N–H and O–H groups in total. The van der Waals surface area contributed by atoms with Crippen LogP contribution < -0.4 is 0 Å². The predicted octanol–water partition coefficient (Wildman–Crippen LogP) is 3.41. The highest BCUT2D eigenvalue weighted by molar-refractivity contribution is 5.99. The summed E-state index contributed by atoms with van der Waals surface area (Å²) in [5.41, 5.74) is 0.652. The van der Waals surface area contributed by atoms with E-state index in [1.807, 2.05) is 18.2 Å². The first-order valence-corrected chi connectivity index (χ1v) is 6.96. The van der Waals surface area contributed by atoms with Gasteiger partial charge in [0.05, 0.1) is 11.1 Å². The molecular weight excluding hydrogens is 297 g/mol. The number of aromatic nitrogens is 1. The Hall–Kier alpha value is -3.08. The third-order valence-electron chi connectivity index (χ3n) is 3.32. The first-order chi connectivity index (χ1) is 11.1. The second-order valence-electron chi connectivity index (χ2n) is 4.87. The van der Waals surface area contributed by atoms with Gasteiger partial charge < -0.3 is 4.74 Å². The van der Waals surface area contributed by atoms with Crippen LogP contribution in [0, 0.1) is 5.82 Å². The highest BCUT2D eigenvalue weighted by atomic mass is 19.1. The highest BCUT2D eigenvalue weighted by Gasteiger charge is 2.15. The predicted molar refractivity (Wildman–Crippen MR) is 82.8 cm³/mol. The molecule has 1 heterocycles. The lowest BCUT2D eigenvalue weighted by atomic mass is 10.1. The molecule has 23 heavy (non-hydrogen) atoms. The molecule has 3 rings (SSSR count). The number of carbonyl (C=O) groups excluding carboxylic acids is 2. The van der Waals surface area contributed by atoms with Gasteiger partial charge in [-0.05, 0) is 24.3 Å². The van der Waals surface area contributed by atoms with Crippen molar-refractivity contribution in [2.24, 2.45) is 0 Å². The first-order valence-electron chi connectivity index (χ1n) is 6.96. The number of ether oxygens (including phenoxy) is 1. The molecule has 0 spiro atoms. The number of Topliss-reactive ketones (excluding diaryl/α,β-unsaturated/α-hetero) is 1. The van der Waals surface area contributed by atoms with Crippen LogP contribution in [0.4, 0.5) is 4.39 Å². The third kappa shape index (κ3) is 3.23. The first kappa shape index (κ1) is 14.8. The van der Waals surface area contributed by atoms with Crippen LogP contribution in [0.2, 0.25) is 0 Å². The van der Waals surface area contributed by atoms with Gasteiger partial charge in [-0.25, -0.2) is 14.2 Å². The fourth-order valence-corrected chi connectivity index (χ4v) is 2.15. The smallest absolute Gasteiger partial charge is 0.357 e. The number of carbonyl (C=O) groups is 2. The lowest BCUT2D eigenvalue weighted by molar-refractivity contribution is 0.0468. The molecule has 0 aliphatic heterocycles. The topological polar surface area (TPSA) is 56.3 Å². The van der Waals surface area contributed by atoms with Gasteiger partial charge >= 0.3 is 5.97 Å². The maximum Gasteiger partial charge on any atom is 0.357 e. The van der Waals surface area contributed by atoms with Crippen LogP contribution in [0.15, 0.2) is 60.7 Å². The molecule has 0 saturated heterocycles. The van der Waals surface area contributed by atoms with Crippen LogP contribution in [0.3, 0.4) is 0 Å². The second-order valence-corrected chi connectivity index (χ2v) is 4.87. The maximum absolute atomic E-state index is 13.5. The maximum atomic E-state index is 13.5. The summed E-state index contributed by atoms with van der Waals surface area (Å²) < 4.78 is 18.4. The van der Waals surface area contributed by atoms with Gasteiger partial charge in [-0.2, -0.15) is 0 Å². The lowest BCUT2D eigenvalue weighted by Gasteiger charge is -2.05. The van der Waals surface area contributed by atoms with Crippen LogP contribution in [-0.4, -0.2) is 23.3 Å². The Morgan fingerprint density at radius 1 is 0.957 bits per heavy atom. The number of para-hydroxylation sites is 1. The molecule has 0 aliphatic carbocycles. The number of ketones is 1. The van der Waals surface area contributed by atoms with Crippen molar-refractivity contribution in [1.82, 2.24) is 4.98 Å². The molecule has 0 unspecified atom stereocenters. The fourth-order valence-electron chi connectivity index (χ4n) is 2.15. The zero-order chi connectivity index (χ0) is 16.2. The second kappa shape index (κ2) is 6.36. The Bertz CT molecular complexity index is 892. The minimum absolute atomic E-state index is 0.102. The van der Waals surface area contributed by atoms with Crippen molar-refractivity contribution in [3.63, 3.8) is 0 Å². The molecule has 0 saturated carbocycles. The lowest BCUT2D eigenvalue weighted by Crippen LogP contribution is -2.16. The summed E-state index contributed by atoms with van der Waals surface area (Å²) in [7, 11) is 0. The van der Waals surface area contributed by atoms with E-state index in [9.17, 15) is 14.0 Å². The molecule has 0 atom stereocenters. The van der Waals surface area contributed by atoms with E-state index < -0.39 is 24.2 Å². The number of benzene rings is 2. The van der Waals surface area contributed by atoms with Gasteiger partial charge in [-0.15, -0.1) is 0 Å². The summed E-state index contributed by atoms with van der Waals surface area (Å²) in [6.07, 6.45) is 0. The molecular formula is C18H12FNO3. The summed E-state index contributed by atoms with van der Waals surface area (Å²) in [5, 5.41) is 0.895. The number of hydrogen-bond acceptors (Lipinski definition) is 4. The molecule has 0 fully saturated rings. The average Bonchev–Trinajstić information content (AvgIpc) is 2.59. The van der Waals surface area contributed by atoms with Crippen LogP contribution in [-0.2, 0) is 4.74 Å². The van der Waals surface area contributed by atoms with Crippen molar-refractivity contribution >= 4 is 22.7 Å². The van der Waals surface area contributed by atoms with Crippen molar-refractivity contribution in [3.05, 3.63) is 77.7 Å². The number of fused-ring (bicyclic) bond motifs is 1. The van der Waals surface area contributed by atoms with E-state index >= 15 is 0 Å².